The summed E-state index contributed by atoms with van der Waals surface area (Å²) in [5, 5.41) is 48.4. The first kappa shape index (κ1) is 46.8. The van der Waals surface area contributed by atoms with Crippen LogP contribution in [0.5, 0.6) is 5.75 Å². The van der Waals surface area contributed by atoms with Gasteiger partial charge in [0.25, 0.3) is 0 Å². The van der Waals surface area contributed by atoms with E-state index in [1.54, 1.807) is 13.8 Å². The fourth-order valence-electron chi connectivity index (χ4n) is 5.89. The molecule has 0 aliphatic rings. The number of rotatable bonds is 30. The molecular weight excluding hydrogens is 684 g/mol. The van der Waals surface area contributed by atoms with Crippen molar-refractivity contribution in [3.63, 3.8) is 0 Å². The summed E-state index contributed by atoms with van der Waals surface area (Å²) in [5.74, 6) is -5.75. The Morgan fingerprint density at radius 2 is 1.08 bits per heavy atom. The molecule has 0 fully saturated rings. The number of phenols is 1. The van der Waals surface area contributed by atoms with Crippen molar-refractivity contribution in [1.29, 1.82) is 0 Å². The molecule has 0 radical (unpaired) electrons. The number of aliphatic carboxylic acids is 2. The van der Waals surface area contributed by atoms with Crippen LogP contribution in [0.4, 0.5) is 0 Å². The van der Waals surface area contributed by atoms with Gasteiger partial charge in [0.1, 0.15) is 29.9 Å². The largest absolute Gasteiger partial charge is 0.508 e. The number of carbonyl (C=O) groups is 6. The molecule has 0 saturated carbocycles. The molecule has 53 heavy (non-hydrogen) atoms. The van der Waals surface area contributed by atoms with Crippen molar-refractivity contribution in [2.75, 3.05) is 6.61 Å². The summed E-state index contributed by atoms with van der Waals surface area (Å²) >= 11 is 0. The first-order valence-electron chi connectivity index (χ1n) is 19.3. The highest BCUT2D eigenvalue weighted by Gasteiger charge is 2.32. The third kappa shape index (κ3) is 21.8. The highest BCUT2D eigenvalue weighted by molar-refractivity contribution is 5.95. The molecule has 0 heterocycles. The number of amides is 4. The lowest BCUT2D eigenvalue weighted by Gasteiger charge is -2.26. The number of nitrogens with one attached hydrogen (secondary N) is 4. The molecule has 4 atom stereocenters. The van der Waals surface area contributed by atoms with Crippen LogP contribution in [0.25, 0.3) is 0 Å². The van der Waals surface area contributed by atoms with Crippen LogP contribution in [-0.4, -0.2) is 86.8 Å². The number of hydrogen-bond donors (Lipinski definition) is 8. The van der Waals surface area contributed by atoms with Crippen molar-refractivity contribution in [2.24, 2.45) is 5.92 Å². The Labute approximate surface area is 314 Å². The first-order chi connectivity index (χ1) is 25.3. The van der Waals surface area contributed by atoms with Gasteiger partial charge < -0.3 is 41.7 Å². The van der Waals surface area contributed by atoms with Gasteiger partial charge in [0.15, 0.2) is 0 Å². The number of aliphatic hydroxyl groups excluding tert-OH is 1. The van der Waals surface area contributed by atoms with Gasteiger partial charge in [-0.05, 0) is 42.9 Å². The smallest absolute Gasteiger partial charge is 0.326 e. The normalized spacial score (nSPS) is 13.4. The van der Waals surface area contributed by atoms with Gasteiger partial charge in [-0.15, -0.1) is 0 Å². The molecule has 0 bridgehead atoms. The lowest BCUT2D eigenvalue weighted by atomic mass is 10.0. The van der Waals surface area contributed by atoms with Crippen LogP contribution in [0.3, 0.4) is 0 Å². The Hall–Kier alpha value is -4.20. The number of unbranched alkanes of at least 4 members (excludes halogenated alkanes) is 12. The predicted octanol–water partition coefficient (Wildman–Crippen LogP) is 4.34. The number of carboxylic acids is 2. The van der Waals surface area contributed by atoms with Gasteiger partial charge in [0.2, 0.25) is 23.6 Å². The van der Waals surface area contributed by atoms with E-state index in [1.165, 1.54) is 82.1 Å². The first-order valence-corrected chi connectivity index (χ1v) is 19.3. The minimum Gasteiger partial charge on any atom is -0.508 e. The Morgan fingerprint density at radius 1 is 0.604 bits per heavy atom. The second-order valence-corrected chi connectivity index (χ2v) is 14.2. The average molecular weight is 749 g/mol. The van der Waals surface area contributed by atoms with Gasteiger partial charge in [0, 0.05) is 19.3 Å². The van der Waals surface area contributed by atoms with Gasteiger partial charge in [-0.2, -0.15) is 0 Å². The standard InChI is InChI=1S/C39H64N4O10/c1-4-5-6-7-8-9-10-11-12-13-14-15-16-17-34(46)40-33(26-44)38(51)42-31(25-28-18-20-29(45)21-19-28)37(50)41-30(22-23-35(47)48)36(49)43-32(39(52)53)24-27(2)3/h18-21,27,30-33,44-45H,4-17,22-26H2,1-3H3,(H,40,46)(H,41,50)(H,42,51)(H,43,49)(H,47,48)(H,52,53)/t30-,31-,32-,33-/m0/s1. The molecule has 14 heteroatoms. The highest BCUT2D eigenvalue weighted by Crippen LogP contribution is 2.14. The van der Waals surface area contributed by atoms with E-state index in [-0.39, 0.29) is 37.4 Å². The number of aliphatic hydroxyl groups is 1. The van der Waals surface area contributed by atoms with Crippen molar-refractivity contribution in [2.45, 2.75) is 161 Å². The van der Waals surface area contributed by atoms with E-state index < -0.39 is 72.8 Å². The molecule has 4 amide bonds. The number of phenolic OH excluding ortho intramolecular Hbond substituents is 1. The summed E-state index contributed by atoms with van der Waals surface area (Å²) < 4.78 is 0. The molecule has 0 aromatic heterocycles. The molecule has 1 aromatic rings. The van der Waals surface area contributed by atoms with Gasteiger partial charge in [-0.1, -0.05) is 110 Å². The van der Waals surface area contributed by atoms with Gasteiger partial charge >= 0.3 is 11.9 Å². The number of aromatic hydroxyl groups is 1. The molecule has 0 saturated heterocycles. The predicted molar refractivity (Wildman–Crippen MR) is 201 cm³/mol. The van der Waals surface area contributed by atoms with Crippen LogP contribution in [0.1, 0.15) is 135 Å². The molecule has 8 N–H and O–H groups in total. The zero-order chi connectivity index (χ0) is 39.6. The zero-order valence-electron chi connectivity index (χ0n) is 31.9. The molecule has 1 aromatic carbocycles. The van der Waals surface area contributed by atoms with Gasteiger partial charge in [-0.25, -0.2) is 4.79 Å². The lowest BCUT2D eigenvalue weighted by Crippen LogP contribution is -2.58. The maximum atomic E-state index is 13.6. The Kier molecular flexibility index (Phi) is 24.2. The molecule has 14 nitrogen and oxygen atoms in total. The summed E-state index contributed by atoms with van der Waals surface area (Å²) in [5.41, 5.74) is 0.504. The second kappa shape index (κ2) is 27.4. The Balaban J connectivity index is 2.84. The van der Waals surface area contributed by atoms with Crippen LogP contribution < -0.4 is 21.3 Å². The van der Waals surface area contributed by atoms with E-state index in [2.05, 4.69) is 28.2 Å². The van der Waals surface area contributed by atoms with Crippen molar-refractivity contribution >= 4 is 35.6 Å². The molecule has 0 aliphatic heterocycles. The summed E-state index contributed by atoms with van der Waals surface area (Å²) in [7, 11) is 0. The van der Waals surface area contributed by atoms with E-state index in [0.717, 1.165) is 19.3 Å². The van der Waals surface area contributed by atoms with Crippen LogP contribution in [0.2, 0.25) is 0 Å². The highest BCUT2D eigenvalue weighted by atomic mass is 16.4. The van der Waals surface area contributed by atoms with Crippen molar-refractivity contribution in [1.82, 2.24) is 21.3 Å². The van der Waals surface area contributed by atoms with E-state index >= 15 is 0 Å². The quantitative estimate of drug-likeness (QED) is 0.0519. The number of carbonyl (C=O) groups excluding carboxylic acids is 4. The third-order valence-corrected chi connectivity index (χ3v) is 8.95. The zero-order valence-corrected chi connectivity index (χ0v) is 31.9. The number of hydrogen-bond acceptors (Lipinski definition) is 8. The van der Waals surface area contributed by atoms with Crippen molar-refractivity contribution in [3.05, 3.63) is 29.8 Å². The molecule has 0 spiro atoms. The fourth-order valence-corrected chi connectivity index (χ4v) is 5.89. The van der Waals surface area contributed by atoms with Crippen LogP contribution in [0.15, 0.2) is 24.3 Å². The summed E-state index contributed by atoms with van der Waals surface area (Å²) in [6.07, 6.45) is 14.2. The summed E-state index contributed by atoms with van der Waals surface area (Å²) in [6, 6.07) is 0.296. The second-order valence-electron chi connectivity index (χ2n) is 14.2. The maximum Gasteiger partial charge on any atom is 0.326 e. The molecular formula is C39H64N4O10. The monoisotopic (exact) mass is 748 g/mol. The summed E-state index contributed by atoms with van der Waals surface area (Å²) in [6.45, 7) is 5.00. The topological polar surface area (TPSA) is 231 Å². The van der Waals surface area contributed by atoms with E-state index in [9.17, 15) is 49.2 Å². The Morgan fingerprint density at radius 3 is 1.57 bits per heavy atom. The molecule has 0 unspecified atom stereocenters. The SMILES string of the molecule is CCCCCCCCCCCCCCCC(=O)N[C@@H](CO)C(=O)N[C@@H](Cc1ccc(O)cc1)C(=O)N[C@@H](CCC(=O)O)C(=O)N[C@@H](CC(C)C)C(=O)O. The third-order valence-electron chi connectivity index (χ3n) is 8.95. The minimum absolute atomic E-state index is 0.0369. The van der Waals surface area contributed by atoms with Gasteiger partial charge in [0.05, 0.1) is 6.61 Å². The maximum absolute atomic E-state index is 13.6. The average Bonchev–Trinajstić information content (AvgIpc) is 3.10. The van der Waals surface area contributed by atoms with Gasteiger partial charge in [-0.3, -0.25) is 24.0 Å². The number of carboxylic acid groups (broad SMARTS) is 2. The minimum atomic E-state index is -1.46. The Bertz CT molecular complexity index is 1260. The molecule has 0 aliphatic carbocycles. The molecule has 1 rings (SSSR count). The van der Waals surface area contributed by atoms with Crippen molar-refractivity contribution in [3.8, 4) is 5.75 Å². The van der Waals surface area contributed by atoms with Crippen molar-refractivity contribution < 1.29 is 49.2 Å². The van der Waals surface area contributed by atoms with E-state index in [1.807, 2.05) is 0 Å². The fraction of sp³-hybridized carbons (Fsp3) is 0.692. The van der Waals surface area contributed by atoms with Crippen LogP contribution >= 0.6 is 0 Å². The van der Waals surface area contributed by atoms with Crippen LogP contribution in [0, 0.1) is 5.92 Å². The summed E-state index contributed by atoms with van der Waals surface area (Å²) in [4.78, 5) is 75.9. The molecule has 300 valence electrons. The number of benzene rings is 1. The van der Waals surface area contributed by atoms with E-state index in [4.69, 9.17) is 0 Å². The van der Waals surface area contributed by atoms with E-state index in [0.29, 0.717) is 12.0 Å². The van der Waals surface area contributed by atoms with Crippen LogP contribution in [-0.2, 0) is 35.2 Å². The lowest BCUT2D eigenvalue weighted by molar-refractivity contribution is -0.143.